The van der Waals surface area contributed by atoms with E-state index in [-0.39, 0.29) is 5.91 Å². The Labute approximate surface area is 116 Å². The fraction of sp³-hybridized carbons (Fsp3) is 0.562. The molecule has 0 aromatic heterocycles. The average molecular weight is 262 g/mol. The third-order valence-corrected chi connectivity index (χ3v) is 3.16. The Balaban J connectivity index is 2.29. The Morgan fingerprint density at radius 1 is 1.11 bits per heavy atom. The van der Waals surface area contributed by atoms with Crippen LogP contribution in [0.15, 0.2) is 24.3 Å². The molecule has 1 aromatic carbocycles. The molecule has 0 heterocycles. The Kier molecular flexibility index (Phi) is 7.91. The molecule has 0 saturated heterocycles. The lowest BCUT2D eigenvalue weighted by atomic mass is 10.1. The molecule has 1 aromatic rings. The number of amides is 1. The van der Waals surface area contributed by atoms with Crippen LogP contribution in [0.5, 0.6) is 0 Å². The second-order valence-corrected chi connectivity index (χ2v) is 4.95. The Bertz CT molecular complexity index is 360. The first-order valence-electron chi connectivity index (χ1n) is 7.35. The van der Waals surface area contributed by atoms with Gasteiger partial charge in [0.25, 0.3) is 0 Å². The van der Waals surface area contributed by atoms with Crippen LogP contribution in [-0.2, 0) is 11.2 Å². The average Bonchev–Trinajstić information content (AvgIpc) is 2.43. The van der Waals surface area contributed by atoms with Crippen LogP contribution < -0.4 is 11.1 Å². The monoisotopic (exact) mass is 262 g/mol. The third-order valence-electron chi connectivity index (χ3n) is 3.16. The summed E-state index contributed by atoms with van der Waals surface area (Å²) in [5, 5.41) is 2.93. The minimum atomic E-state index is 0.0957. The van der Waals surface area contributed by atoms with Crippen molar-refractivity contribution in [1.82, 2.24) is 0 Å². The summed E-state index contributed by atoms with van der Waals surface area (Å²) < 4.78 is 0. The van der Waals surface area contributed by atoms with Crippen molar-refractivity contribution < 1.29 is 4.79 Å². The van der Waals surface area contributed by atoms with E-state index in [0.29, 0.717) is 13.0 Å². The van der Waals surface area contributed by atoms with Gasteiger partial charge in [0.1, 0.15) is 0 Å². The van der Waals surface area contributed by atoms with E-state index in [1.807, 2.05) is 12.1 Å². The molecule has 0 aliphatic rings. The van der Waals surface area contributed by atoms with Gasteiger partial charge >= 0.3 is 0 Å². The van der Waals surface area contributed by atoms with Gasteiger partial charge in [-0.05, 0) is 49.9 Å². The number of aryl methyl sites for hydroxylation is 1. The highest BCUT2D eigenvalue weighted by Crippen LogP contribution is 2.12. The zero-order valence-electron chi connectivity index (χ0n) is 12.0. The Hall–Kier alpha value is -1.35. The molecule has 0 bridgehead atoms. The summed E-state index contributed by atoms with van der Waals surface area (Å²) in [7, 11) is 0. The van der Waals surface area contributed by atoms with Crippen LogP contribution in [0, 0.1) is 0 Å². The van der Waals surface area contributed by atoms with Crippen LogP contribution in [0.2, 0.25) is 0 Å². The van der Waals surface area contributed by atoms with E-state index in [2.05, 4.69) is 24.4 Å². The molecular weight excluding hydrogens is 236 g/mol. The molecular formula is C16H26N2O. The highest BCUT2D eigenvalue weighted by Gasteiger charge is 2.02. The van der Waals surface area contributed by atoms with Gasteiger partial charge in [-0.3, -0.25) is 4.79 Å². The molecule has 106 valence electrons. The quantitative estimate of drug-likeness (QED) is 0.669. The number of carbonyl (C=O) groups excluding carboxylic acids is 1. The molecule has 0 aliphatic heterocycles. The summed E-state index contributed by atoms with van der Waals surface area (Å²) in [5.41, 5.74) is 7.65. The van der Waals surface area contributed by atoms with Crippen molar-refractivity contribution in [3.63, 3.8) is 0 Å². The van der Waals surface area contributed by atoms with E-state index in [1.165, 1.54) is 18.4 Å². The lowest BCUT2D eigenvalue weighted by Gasteiger charge is -2.06. The number of unbranched alkanes of at least 4 members (excludes halogenated alkanes) is 3. The molecule has 0 aliphatic carbocycles. The minimum Gasteiger partial charge on any atom is -0.330 e. The molecule has 0 spiro atoms. The van der Waals surface area contributed by atoms with Gasteiger partial charge in [-0.25, -0.2) is 0 Å². The van der Waals surface area contributed by atoms with E-state index >= 15 is 0 Å². The SMILES string of the molecule is CCCCc1ccc(NC(=O)CCCCCN)cc1. The molecule has 3 nitrogen and oxygen atoms in total. The number of hydrogen-bond acceptors (Lipinski definition) is 2. The number of carbonyl (C=O) groups is 1. The lowest BCUT2D eigenvalue weighted by Crippen LogP contribution is -2.11. The van der Waals surface area contributed by atoms with Crippen molar-refractivity contribution in [1.29, 1.82) is 0 Å². The topological polar surface area (TPSA) is 55.1 Å². The fourth-order valence-electron chi connectivity index (χ4n) is 1.97. The van der Waals surface area contributed by atoms with E-state index in [0.717, 1.165) is 31.4 Å². The summed E-state index contributed by atoms with van der Waals surface area (Å²) in [6, 6.07) is 8.17. The number of anilines is 1. The zero-order valence-corrected chi connectivity index (χ0v) is 12.0. The van der Waals surface area contributed by atoms with Gasteiger partial charge in [0.05, 0.1) is 0 Å². The number of hydrogen-bond donors (Lipinski definition) is 2. The van der Waals surface area contributed by atoms with Crippen LogP contribution in [-0.4, -0.2) is 12.5 Å². The standard InChI is InChI=1S/C16H26N2O/c1-2-3-7-14-9-11-15(12-10-14)18-16(19)8-5-4-6-13-17/h9-12H,2-8,13,17H2,1H3,(H,18,19). The summed E-state index contributed by atoms with van der Waals surface area (Å²) in [6.45, 7) is 2.90. The number of nitrogens with one attached hydrogen (secondary N) is 1. The van der Waals surface area contributed by atoms with Crippen molar-refractivity contribution >= 4 is 11.6 Å². The first-order chi connectivity index (χ1) is 9.26. The summed E-state index contributed by atoms with van der Waals surface area (Å²) in [4.78, 5) is 11.7. The molecule has 0 atom stereocenters. The molecule has 3 N–H and O–H groups in total. The summed E-state index contributed by atoms with van der Waals surface area (Å²) >= 11 is 0. The second kappa shape index (κ2) is 9.56. The molecule has 1 amide bonds. The molecule has 1 rings (SSSR count). The minimum absolute atomic E-state index is 0.0957. The van der Waals surface area contributed by atoms with E-state index < -0.39 is 0 Å². The van der Waals surface area contributed by atoms with Gasteiger partial charge in [-0.2, -0.15) is 0 Å². The van der Waals surface area contributed by atoms with Crippen LogP contribution in [0.25, 0.3) is 0 Å². The van der Waals surface area contributed by atoms with E-state index in [4.69, 9.17) is 5.73 Å². The third kappa shape index (κ3) is 6.97. The molecule has 0 radical (unpaired) electrons. The second-order valence-electron chi connectivity index (χ2n) is 4.95. The maximum absolute atomic E-state index is 11.7. The highest BCUT2D eigenvalue weighted by molar-refractivity contribution is 5.90. The van der Waals surface area contributed by atoms with Crippen LogP contribution in [0.1, 0.15) is 51.0 Å². The van der Waals surface area contributed by atoms with Crippen molar-refractivity contribution in [3.05, 3.63) is 29.8 Å². The molecule has 0 fully saturated rings. The van der Waals surface area contributed by atoms with Gasteiger partial charge in [-0.15, -0.1) is 0 Å². The first kappa shape index (κ1) is 15.7. The highest BCUT2D eigenvalue weighted by atomic mass is 16.1. The van der Waals surface area contributed by atoms with Crippen molar-refractivity contribution in [2.24, 2.45) is 5.73 Å². The molecule has 0 unspecified atom stereocenters. The number of rotatable bonds is 9. The normalized spacial score (nSPS) is 10.4. The van der Waals surface area contributed by atoms with Crippen LogP contribution in [0.4, 0.5) is 5.69 Å². The zero-order chi connectivity index (χ0) is 13.9. The van der Waals surface area contributed by atoms with Crippen molar-refractivity contribution in [2.75, 3.05) is 11.9 Å². The van der Waals surface area contributed by atoms with Crippen molar-refractivity contribution in [2.45, 2.75) is 51.9 Å². The Morgan fingerprint density at radius 2 is 1.84 bits per heavy atom. The fourth-order valence-corrected chi connectivity index (χ4v) is 1.97. The van der Waals surface area contributed by atoms with Gasteiger partial charge in [0.15, 0.2) is 0 Å². The smallest absolute Gasteiger partial charge is 0.224 e. The largest absolute Gasteiger partial charge is 0.330 e. The predicted octanol–water partition coefficient (Wildman–Crippen LogP) is 3.49. The van der Waals surface area contributed by atoms with Gasteiger partial charge in [0, 0.05) is 12.1 Å². The molecule has 3 heteroatoms. The van der Waals surface area contributed by atoms with Gasteiger partial charge in [-0.1, -0.05) is 31.9 Å². The maximum atomic E-state index is 11.7. The number of benzene rings is 1. The van der Waals surface area contributed by atoms with Crippen LogP contribution in [0.3, 0.4) is 0 Å². The van der Waals surface area contributed by atoms with Crippen LogP contribution >= 0.6 is 0 Å². The predicted molar refractivity (Wildman–Crippen MR) is 81.2 cm³/mol. The molecule has 19 heavy (non-hydrogen) atoms. The van der Waals surface area contributed by atoms with E-state index in [1.54, 1.807) is 0 Å². The molecule has 0 saturated carbocycles. The number of nitrogens with two attached hydrogens (primary N) is 1. The Morgan fingerprint density at radius 3 is 2.47 bits per heavy atom. The van der Waals surface area contributed by atoms with Gasteiger partial charge in [0.2, 0.25) is 5.91 Å². The first-order valence-corrected chi connectivity index (χ1v) is 7.35. The van der Waals surface area contributed by atoms with Crippen molar-refractivity contribution in [3.8, 4) is 0 Å². The van der Waals surface area contributed by atoms with E-state index in [9.17, 15) is 4.79 Å². The maximum Gasteiger partial charge on any atom is 0.224 e. The summed E-state index contributed by atoms with van der Waals surface area (Å²) in [6.07, 6.45) is 7.06. The van der Waals surface area contributed by atoms with Gasteiger partial charge < -0.3 is 11.1 Å². The summed E-state index contributed by atoms with van der Waals surface area (Å²) in [5.74, 6) is 0.0957. The lowest BCUT2D eigenvalue weighted by molar-refractivity contribution is -0.116.